The molecule has 1 aromatic heterocycles. The Morgan fingerprint density at radius 2 is 1.87 bits per heavy atom. The van der Waals surface area contributed by atoms with E-state index < -0.39 is 5.92 Å². The molecule has 1 amide bonds. The van der Waals surface area contributed by atoms with Gasteiger partial charge in [0.05, 0.1) is 12.5 Å². The molecule has 2 atom stereocenters. The van der Waals surface area contributed by atoms with Gasteiger partial charge in [-0.1, -0.05) is 18.2 Å². The number of carbonyl (C=O) groups is 2. The maximum atomic E-state index is 13.4. The van der Waals surface area contributed by atoms with Crippen LogP contribution in [0.2, 0.25) is 0 Å². The Morgan fingerprint density at radius 1 is 1.10 bits per heavy atom. The molecule has 4 rings (SSSR count). The summed E-state index contributed by atoms with van der Waals surface area (Å²) in [5.41, 5.74) is 3.80. The number of carbonyl (C=O) groups excluding carboxylic acids is 2. The number of hydrogen-bond acceptors (Lipinski definition) is 5. The number of allylic oxidation sites excluding steroid dienone is 1. The quantitative estimate of drug-likeness (QED) is 0.770. The Balaban J connectivity index is 1.76. The smallest absolute Gasteiger partial charge is 0.255 e. The maximum absolute atomic E-state index is 13.4. The number of ether oxygens (including phenoxy) is 1. The third-order valence-corrected chi connectivity index (χ3v) is 5.83. The lowest BCUT2D eigenvalue weighted by molar-refractivity contribution is -0.122. The van der Waals surface area contributed by atoms with Crippen LogP contribution in [-0.2, 0) is 9.59 Å². The third-order valence-electron chi connectivity index (χ3n) is 5.83. The van der Waals surface area contributed by atoms with E-state index in [2.05, 4.69) is 10.3 Å². The molecule has 0 radical (unpaired) electrons. The van der Waals surface area contributed by atoms with Gasteiger partial charge in [0.2, 0.25) is 0 Å². The van der Waals surface area contributed by atoms with Gasteiger partial charge in [0.15, 0.2) is 0 Å². The lowest BCUT2D eigenvalue weighted by atomic mass is 9.69. The van der Waals surface area contributed by atoms with Crippen LogP contribution in [-0.4, -0.2) is 29.0 Å². The van der Waals surface area contributed by atoms with Gasteiger partial charge in [0, 0.05) is 35.0 Å². The van der Waals surface area contributed by atoms with E-state index in [9.17, 15) is 9.59 Å². The van der Waals surface area contributed by atoms with Gasteiger partial charge in [-0.25, -0.2) is 4.98 Å². The zero-order chi connectivity index (χ0) is 22.0. The topological polar surface area (TPSA) is 80.7 Å². The highest BCUT2D eigenvalue weighted by molar-refractivity contribution is 6.13. The van der Waals surface area contributed by atoms with Gasteiger partial charge in [-0.2, -0.15) is 0 Å². The number of aryl methyl sites for hydroxylation is 1. The average molecular weight is 418 g/mol. The predicted octanol–water partition coefficient (Wildman–Crippen LogP) is 4.61. The standard InChI is InChI=1S/C25H27N3O3/c1-4-31-18-13-11-17(12-14-18)23-22(25(30)28-21-10-5-7-15(2)26-21)16(3)27-19-8-6-9-20(29)24(19)23/h5,7,10-14,23-24H,4,6,8-9H2,1-3H3,(H,26,28,30)/t23-,24?/m0/s1. The number of amides is 1. The number of nitrogens with zero attached hydrogens (tertiary/aromatic N) is 2. The van der Waals surface area contributed by atoms with Crippen LogP contribution < -0.4 is 10.1 Å². The molecule has 1 N–H and O–H groups in total. The van der Waals surface area contributed by atoms with Crippen LogP contribution in [0.1, 0.15) is 50.3 Å². The van der Waals surface area contributed by atoms with Gasteiger partial charge in [-0.3, -0.25) is 14.6 Å². The Morgan fingerprint density at radius 3 is 2.58 bits per heavy atom. The van der Waals surface area contributed by atoms with Crippen LogP contribution in [0.4, 0.5) is 5.82 Å². The van der Waals surface area contributed by atoms with E-state index in [0.29, 0.717) is 30.1 Å². The van der Waals surface area contributed by atoms with Crippen molar-refractivity contribution in [3.8, 4) is 5.75 Å². The number of benzene rings is 1. The molecule has 2 aliphatic rings. The van der Waals surface area contributed by atoms with Crippen LogP contribution in [0, 0.1) is 12.8 Å². The van der Waals surface area contributed by atoms with Gasteiger partial charge in [-0.05, 0) is 63.4 Å². The van der Waals surface area contributed by atoms with Crippen molar-refractivity contribution in [2.45, 2.75) is 46.0 Å². The van der Waals surface area contributed by atoms with E-state index in [1.54, 1.807) is 6.07 Å². The van der Waals surface area contributed by atoms with Gasteiger partial charge in [0.1, 0.15) is 17.4 Å². The second-order valence-corrected chi connectivity index (χ2v) is 8.00. The average Bonchev–Trinajstić information content (AvgIpc) is 2.74. The molecule has 31 heavy (non-hydrogen) atoms. The minimum atomic E-state index is -0.401. The first kappa shape index (κ1) is 21.0. The van der Waals surface area contributed by atoms with Crippen molar-refractivity contribution in [2.24, 2.45) is 10.9 Å². The number of aromatic nitrogens is 1. The molecule has 1 unspecified atom stereocenters. The summed E-state index contributed by atoms with van der Waals surface area (Å²) in [5.74, 6) is 0.357. The molecule has 1 fully saturated rings. The first-order chi connectivity index (χ1) is 15.0. The van der Waals surface area contributed by atoms with Crippen LogP contribution in [0.25, 0.3) is 0 Å². The van der Waals surface area contributed by atoms with Crippen molar-refractivity contribution >= 4 is 23.2 Å². The van der Waals surface area contributed by atoms with Crippen molar-refractivity contribution in [2.75, 3.05) is 11.9 Å². The third kappa shape index (κ3) is 4.29. The van der Waals surface area contributed by atoms with Gasteiger partial charge < -0.3 is 10.1 Å². The molecular formula is C25H27N3O3. The Bertz CT molecular complexity index is 1070. The number of ketones is 1. The fourth-order valence-corrected chi connectivity index (χ4v) is 4.51. The second-order valence-electron chi connectivity index (χ2n) is 8.00. The summed E-state index contributed by atoms with van der Waals surface area (Å²) in [6.45, 7) is 6.24. The molecular weight excluding hydrogens is 390 g/mol. The molecule has 1 aromatic carbocycles. The van der Waals surface area contributed by atoms with E-state index in [1.807, 2.05) is 57.2 Å². The molecule has 1 aliphatic heterocycles. The predicted molar refractivity (Wildman–Crippen MR) is 120 cm³/mol. The number of fused-ring (bicyclic) bond motifs is 1. The van der Waals surface area contributed by atoms with E-state index in [-0.39, 0.29) is 17.6 Å². The second kappa shape index (κ2) is 8.84. The fraction of sp³-hybridized carbons (Fsp3) is 0.360. The lowest BCUT2D eigenvalue weighted by Crippen LogP contribution is -2.39. The molecule has 1 saturated carbocycles. The van der Waals surface area contributed by atoms with E-state index in [0.717, 1.165) is 35.6 Å². The summed E-state index contributed by atoms with van der Waals surface area (Å²) >= 11 is 0. The number of hydrogen-bond donors (Lipinski definition) is 1. The van der Waals surface area contributed by atoms with Crippen molar-refractivity contribution in [3.63, 3.8) is 0 Å². The van der Waals surface area contributed by atoms with Gasteiger partial charge in [0.25, 0.3) is 5.91 Å². The van der Waals surface area contributed by atoms with Crippen LogP contribution in [0.3, 0.4) is 0 Å². The molecule has 6 nitrogen and oxygen atoms in total. The molecule has 160 valence electrons. The minimum Gasteiger partial charge on any atom is -0.494 e. The Labute approximate surface area is 182 Å². The highest BCUT2D eigenvalue weighted by Gasteiger charge is 2.43. The monoisotopic (exact) mass is 417 g/mol. The summed E-state index contributed by atoms with van der Waals surface area (Å²) in [6.07, 6.45) is 2.12. The van der Waals surface area contributed by atoms with Crippen molar-refractivity contribution < 1.29 is 14.3 Å². The Hall–Kier alpha value is -3.28. The molecule has 2 heterocycles. The summed E-state index contributed by atoms with van der Waals surface area (Å²) in [7, 11) is 0. The molecule has 2 aromatic rings. The van der Waals surface area contributed by atoms with Crippen LogP contribution >= 0.6 is 0 Å². The van der Waals surface area contributed by atoms with Gasteiger partial charge >= 0.3 is 0 Å². The fourth-order valence-electron chi connectivity index (χ4n) is 4.51. The van der Waals surface area contributed by atoms with E-state index >= 15 is 0 Å². The molecule has 1 aliphatic carbocycles. The first-order valence-electron chi connectivity index (χ1n) is 10.8. The largest absolute Gasteiger partial charge is 0.494 e. The SMILES string of the molecule is CCOc1ccc([C@H]2C(C(=O)Nc3cccc(C)n3)=C(C)N=C3CCCC(=O)C32)cc1. The van der Waals surface area contributed by atoms with Crippen molar-refractivity contribution in [1.29, 1.82) is 0 Å². The van der Waals surface area contributed by atoms with E-state index in [4.69, 9.17) is 9.73 Å². The molecule has 0 spiro atoms. The number of Topliss-reactive ketones (excluding diaryl/α,β-unsaturated/α-hetero) is 1. The normalized spacial score (nSPS) is 20.7. The summed E-state index contributed by atoms with van der Waals surface area (Å²) in [4.78, 5) is 35.5. The lowest BCUT2D eigenvalue weighted by Gasteiger charge is -2.36. The molecule has 6 heteroatoms. The van der Waals surface area contributed by atoms with Crippen LogP contribution in [0.15, 0.2) is 58.7 Å². The van der Waals surface area contributed by atoms with Crippen molar-refractivity contribution in [3.05, 3.63) is 65.0 Å². The molecule has 0 saturated heterocycles. The Kier molecular flexibility index (Phi) is 5.98. The highest BCUT2D eigenvalue weighted by atomic mass is 16.5. The van der Waals surface area contributed by atoms with E-state index in [1.165, 1.54) is 0 Å². The molecule has 0 bridgehead atoms. The summed E-state index contributed by atoms with van der Waals surface area (Å²) in [5, 5.41) is 2.91. The zero-order valence-corrected chi connectivity index (χ0v) is 18.1. The van der Waals surface area contributed by atoms with Crippen molar-refractivity contribution in [1.82, 2.24) is 4.98 Å². The number of nitrogens with one attached hydrogen (secondary N) is 1. The summed E-state index contributed by atoms with van der Waals surface area (Å²) in [6, 6.07) is 13.2. The number of pyridine rings is 1. The number of anilines is 1. The maximum Gasteiger partial charge on any atom is 0.255 e. The zero-order valence-electron chi connectivity index (χ0n) is 18.1. The first-order valence-corrected chi connectivity index (χ1v) is 10.8. The number of rotatable bonds is 5. The van der Waals surface area contributed by atoms with Gasteiger partial charge in [-0.15, -0.1) is 0 Å². The van der Waals surface area contributed by atoms with Crippen LogP contribution in [0.5, 0.6) is 5.75 Å². The highest BCUT2D eigenvalue weighted by Crippen LogP contribution is 2.43. The number of aliphatic imine (C=N–C) groups is 1. The summed E-state index contributed by atoms with van der Waals surface area (Å²) < 4.78 is 5.57. The minimum absolute atomic E-state index is 0.148.